The summed E-state index contributed by atoms with van der Waals surface area (Å²) in [6.07, 6.45) is 9.32. The van der Waals surface area contributed by atoms with Crippen LogP contribution in [-0.2, 0) is 22.9 Å². The second kappa shape index (κ2) is 14.2. The number of rotatable bonds is 10. The van der Waals surface area contributed by atoms with Crippen molar-refractivity contribution in [2.24, 2.45) is 18.0 Å². The molecule has 1 saturated heterocycles. The zero-order valence-electron chi connectivity index (χ0n) is 16.1. The van der Waals surface area contributed by atoms with Crippen molar-refractivity contribution in [2.75, 3.05) is 46.6 Å². The number of aliphatic imine (C=N–C) groups is 1. The molecule has 1 aliphatic heterocycles. The number of ether oxygens (including phenoxy) is 2. The summed E-state index contributed by atoms with van der Waals surface area (Å²) in [6, 6.07) is 0. The Morgan fingerprint density at radius 2 is 2.04 bits per heavy atom. The molecule has 2 heterocycles. The van der Waals surface area contributed by atoms with E-state index in [1.165, 1.54) is 5.56 Å². The maximum atomic E-state index is 5.77. The van der Waals surface area contributed by atoms with Crippen molar-refractivity contribution >= 4 is 29.9 Å². The Labute approximate surface area is 174 Å². The van der Waals surface area contributed by atoms with Gasteiger partial charge in [0.1, 0.15) is 0 Å². The lowest BCUT2D eigenvalue weighted by atomic mass is 10.0. The molecule has 8 heteroatoms. The molecule has 0 atom stereocenters. The molecule has 0 amide bonds. The molecule has 0 aromatic carbocycles. The van der Waals surface area contributed by atoms with Gasteiger partial charge in [-0.15, -0.1) is 24.0 Å². The topological polar surface area (TPSA) is 72.7 Å². The molecule has 2 N–H and O–H groups in total. The van der Waals surface area contributed by atoms with Gasteiger partial charge < -0.3 is 20.1 Å². The lowest BCUT2D eigenvalue weighted by Gasteiger charge is -2.21. The van der Waals surface area contributed by atoms with Crippen LogP contribution in [0.4, 0.5) is 0 Å². The Bertz CT molecular complexity index is 504. The molecular weight excluding hydrogens is 445 g/mol. The van der Waals surface area contributed by atoms with E-state index in [0.717, 1.165) is 77.6 Å². The van der Waals surface area contributed by atoms with Gasteiger partial charge in [-0.05, 0) is 43.6 Å². The normalized spacial score (nSPS) is 15.5. The predicted molar refractivity (Wildman–Crippen MR) is 115 cm³/mol. The molecule has 0 saturated carbocycles. The highest BCUT2D eigenvalue weighted by Gasteiger charge is 2.13. The van der Waals surface area contributed by atoms with Gasteiger partial charge in [0.15, 0.2) is 5.96 Å². The first-order chi connectivity index (χ1) is 12.3. The monoisotopic (exact) mass is 479 g/mol. The Balaban J connectivity index is 0.00000338. The molecule has 1 aliphatic rings. The molecule has 0 spiro atoms. The van der Waals surface area contributed by atoms with Crippen LogP contribution in [0.2, 0.25) is 0 Å². The third-order valence-electron chi connectivity index (χ3n) is 4.37. The van der Waals surface area contributed by atoms with Crippen LogP contribution in [0.5, 0.6) is 0 Å². The molecular formula is C18H34IN5O2. The fraction of sp³-hybridized carbons (Fsp3) is 0.778. The van der Waals surface area contributed by atoms with E-state index < -0.39 is 0 Å². The van der Waals surface area contributed by atoms with Gasteiger partial charge in [-0.2, -0.15) is 5.10 Å². The van der Waals surface area contributed by atoms with Gasteiger partial charge in [0, 0.05) is 59.8 Å². The SMILES string of the molecule is CN=C(NCCCOCC1CCOCC1)NCCCc1cnn(C)c1.I. The minimum atomic E-state index is 0. The summed E-state index contributed by atoms with van der Waals surface area (Å²) in [4.78, 5) is 4.25. The first-order valence-electron chi connectivity index (χ1n) is 9.35. The molecule has 1 aromatic rings. The maximum Gasteiger partial charge on any atom is 0.190 e. The van der Waals surface area contributed by atoms with Crippen LogP contribution < -0.4 is 10.6 Å². The van der Waals surface area contributed by atoms with Crippen molar-refractivity contribution in [3.63, 3.8) is 0 Å². The summed E-state index contributed by atoms with van der Waals surface area (Å²) in [5, 5.41) is 10.9. The van der Waals surface area contributed by atoms with E-state index in [-0.39, 0.29) is 24.0 Å². The molecule has 0 aliphatic carbocycles. The van der Waals surface area contributed by atoms with Crippen molar-refractivity contribution in [1.82, 2.24) is 20.4 Å². The van der Waals surface area contributed by atoms with Crippen molar-refractivity contribution < 1.29 is 9.47 Å². The van der Waals surface area contributed by atoms with Gasteiger partial charge >= 0.3 is 0 Å². The number of hydrogen-bond donors (Lipinski definition) is 2. The van der Waals surface area contributed by atoms with E-state index in [1.807, 2.05) is 17.9 Å². The highest BCUT2D eigenvalue weighted by Crippen LogP contribution is 2.14. The lowest BCUT2D eigenvalue weighted by Crippen LogP contribution is -2.38. The Morgan fingerprint density at radius 1 is 1.31 bits per heavy atom. The van der Waals surface area contributed by atoms with Gasteiger partial charge in [-0.25, -0.2) is 0 Å². The quantitative estimate of drug-likeness (QED) is 0.233. The molecule has 0 radical (unpaired) electrons. The summed E-state index contributed by atoms with van der Waals surface area (Å²) >= 11 is 0. The third kappa shape index (κ3) is 9.72. The third-order valence-corrected chi connectivity index (χ3v) is 4.37. The van der Waals surface area contributed by atoms with Gasteiger partial charge in [-0.1, -0.05) is 0 Å². The maximum absolute atomic E-state index is 5.77. The molecule has 1 aromatic heterocycles. The van der Waals surface area contributed by atoms with E-state index in [2.05, 4.69) is 26.9 Å². The smallest absolute Gasteiger partial charge is 0.190 e. The van der Waals surface area contributed by atoms with Crippen LogP contribution in [0.3, 0.4) is 0 Å². The molecule has 7 nitrogen and oxygen atoms in total. The fourth-order valence-corrected chi connectivity index (χ4v) is 2.86. The van der Waals surface area contributed by atoms with Gasteiger partial charge in [0.2, 0.25) is 0 Å². The average Bonchev–Trinajstić information content (AvgIpc) is 3.05. The van der Waals surface area contributed by atoms with Crippen LogP contribution in [0.25, 0.3) is 0 Å². The first kappa shape index (κ1) is 23.2. The minimum absolute atomic E-state index is 0. The number of nitrogens with zero attached hydrogens (tertiary/aromatic N) is 3. The van der Waals surface area contributed by atoms with Crippen molar-refractivity contribution in [3.8, 4) is 0 Å². The highest BCUT2D eigenvalue weighted by molar-refractivity contribution is 14.0. The number of halogens is 1. The number of nitrogens with one attached hydrogen (secondary N) is 2. The van der Waals surface area contributed by atoms with Crippen LogP contribution in [0, 0.1) is 5.92 Å². The zero-order valence-corrected chi connectivity index (χ0v) is 18.4. The number of aromatic nitrogens is 2. The molecule has 1 fully saturated rings. The minimum Gasteiger partial charge on any atom is -0.381 e. The first-order valence-corrected chi connectivity index (χ1v) is 9.35. The van der Waals surface area contributed by atoms with Crippen LogP contribution in [0.15, 0.2) is 17.4 Å². The van der Waals surface area contributed by atoms with Gasteiger partial charge in [-0.3, -0.25) is 9.67 Å². The van der Waals surface area contributed by atoms with Crippen LogP contribution >= 0.6 is 24.0 Å². The second-order valence-electron chi connectivity index (χ2n) is 6.54. The zero-order chi connectivity index (χ0) is 17.7. The summed E-state index contributed by atoms with van der Waals surface area (Å²) in [7, 11) is 3.75. The van der Waals surface area contributed by atoms with E-state index in [4.69, 9.17) is 9.47 Å². The van der Waals surface area contributed by atoms with Gasteiger partial charge in [0.05, 0.1) is 6.20 Å². The summed E-state index contributed by atoms with van der Waals surface area (Å²) in [5.41, 5.74) is 1.27. The fourth-order valence-electron chi connectivity index (χ4n) is 2.86. The summed E-state index contributed by atoms with van der Waals surface area (Å²) in [5.74, 6) is 1.53. The largest absolute Gasteiger partial charge is 0.381 e. The second-order valence-corrected chi connectivity index (χ2v) is 6.54. The molecule has 0 unspecified atom stereocenters. The average molecular weight is 479 g/mol. The Morgan fingerprint density at radius 3 is 2.69 bits per heavy atom. The Kier molecular flexibility index (Phi) is 12.7. The van der Waals surface area contributed by atoms with Crippen molar-refractivity contribution in [3.05, 3.63) is 18.0 Å². The van der Waals surface area contributed by atoms with Crippen molar-refractivity contribution in [2.45, 2.75) is 32.1 Å². The Hall–Kier alpha value is -0.870. The molecule has 26 heavy (non-hydrogen) atoms. The molecule has 0 bridgehead atoms. The highest BCUT2D eigenvalue weighted by atomic mass is 127. The van der Waals surface area contributed by atoms with E-state index in [1.54, 1.807) is 7.05 Å². The van der Waals surface area contributed by atoms with Crippen molar-refractivity contribution in [1.29, 1.82) is 0 Å². The predicted octanol–water partition coefficient (Wildman–Crippen LogP) is 1.97. The lowest BCUT2D eigenvalue weighted by molar-refractivity contribution is 0.0203. The van der Waals surface area contributed by atoms with Gasteiger partial charge in [0.25, 0.3) is 0 Å². The summed E-state index contributed by atoms with van der Waals surface area (Å²) < 4.78 is 13.0. The van der Waals surface area contributed by atoms with E-state index >= 15 is 0 Å². The number of hydrogen-bond acceptors (Lipinski definition) is 4. The van der Waals surface area contributed by atoms with E-state index in [0.29, 0.717) is 5.92 Å². The summed E-state index contributed by atoms with van der Waals surface area (Å²) in [6.45, 7) is 5.20. The standard InChI is InChI=1S/C18H33N5O2.HI/c1-19-18(20-8-3-5-17-13-22-23(2)14-17)21-9-4-10-25-15-16-6-11-24-12-7-16;/h13-14,16H,3-12,15H2,1-2H3,(H2,19,20,21);1H. The number of aryl methyl sites for hydroxylation is 2. The van der Waals surface area contributed by atoms with E-state index in [9.17, 15) is 0 Å². The molecule has 2 rings (SSSR count). The van der Waals surface area contributed by atoms with Crippen LogP contribution in [-0.4, -0.2) is 62.3 Å². The number of guanidine groups is 1. The van der Waals surface area contributed by atoms with Crippen LogP contribution in [0.1, 0.15) is 31.2 Å². The molecule has 150 valence electrons.